The first-order chi connectivity index (χ1) is 12.7. The Kier molecular flexibility index (Phi) is 9.38. The van der Waals surface area contributed by atoms with Gasteiger partial charge in [0, 0.05) is 43.7 Å². The van der Waals surface area contributed by atoms with E-state index in [0.29, 0.717) is 11.8 Å². The highest BCUT2D eigenvalue weighted by Crippen LogP contribution is 2.51. The van der Waals surface area contributed by atoms with E-state index in [-0.39, 0.29) is 30.7 Å². The maximum Gasteiger partial charge on any atom is 0.0758 e. The Balaban J connectivity index is 0.00000140. The largest absolute Gasteiger partial charge is 0.389 e. The number of fused-ring (bicyclic) bond motifs is 1. The van der Waals surface area contributed by atoms with E-state index in [0.717, 1.165) is 50.6 Å². The van der Waals surface area contributed by atoms with Crippen LogP contribution in [0, 0.1) is 11.8 Å². The maximum absolute atomic E-state index is 12.1. The Morgan fingerprint density at radius 1 is 1.11 bits per heavy atom. The summed E-state index contributed by atoms with van der Waals surface area (Å²) in [5.41, 5.74) is 0.642. The van der Waals surface area contributed by atoms with E-state index in [9.17, 15) is 5.11 Å². The number of hydrogen-bond acceptors (Lipinski definition) is 3. The summed E-state index contributed by atoms with van der Waals surface area (Å²) < 4.78 is 0. The van der Waals surface area contributed by atoms with Crippen LogP contribution in [0.3, 0.4) is 0 Å². The van der Waals surface area contributed by atoms with Crippen LogP contribution in [0.1, 0.15) is 56.4 Å². The smallest absolute Gasteiger partial charge is 0.0758 e. The average molecular weight is 450 g/mol. The molecule has 4 unspecified atom stereocenters. The summed E-state index contributed by atoms with van der Waals surface area (Å²) >= 11 is 6.35. The first-order valence-electron chi connectivity index (χ1n) is 10.6. The fourth-order valence-electron chi connectivity index (χ4n) is 5.90. The van der Waals surface area contributed by atoms with Crippen LogP contribution in [0.25, 0.3) is 0 Å². The van der Waals surface area contributed by atoms with E-state index in [2.05, 4.69) is 22.3 Å². The molecule has 2 N–H and O–H groups in total. The van der Waals surface area contributed by atoms with Crippen LogP contribution in [0.2, 0.25) is 5.02 Å². The summed E-state index contributed by atoms with van der Waals surface area (Å²) in [6.45, 7) is 5.18. The molecule has 28 heavy (non-hydrogen) atoms. The average Bonchev–Trinajstić information content (AvgIpc) is 2.67. The fourth-order valence-corrected chi connectivity index (χ4v) is 6.10. The molecule has 6 heteroatoms. The Bertz CT molecular complexity index is 609. The van der Waals surface area contributed by atoms with E-state index >= 15 is 0 Å². The van der Waals surface area contributed by atoms with Crippen molar-refractivity contribution in [3.05, 3.63) is 34.9 Å². The molecule has 3 aliphatic rings. The van der Waals surface area contributed by atoms with Crippen molar-refractivity contribution in [2.75, 3.05) is 32.7 Å². The predicted molar refractivity (Wildman–Crippen MR) is 122 cm³/mol. The number of nitrogens with zero attached hydrogens (tertiary/aromatic N) is 1. The molecule has 3 nitrogen and oxygen atoms in total. The maximum atomic E-state index is 12.1. The van der Waals surface area contributed by atoms with Crippen molar-refractivity contribution in [3.8, 4) is 0 Å². The lowest BCUT2D eigenvalue weighted by molar-refractivity contribution is -0.112. The minimum atomic E-state index is -0.584. The predicted octanol–water partition coefficient (Wildman–Crippen LogP) is 4.89. The number of rotatable bonds is 4. The Morgan fingerprint density at radius 2 is 1.82 bits per heavy atom. The Labute approximate surface area is 187 Å². The third kappa shape index (κ3) is 5.17. The van der Waals surface area contributed by atoms with E-state index in [1.54, 1.807) is 0 Å². The minimum absolute atomic E-state index is 0. The van der Waals surface area contributed by atoms with Crippen LogP contribution in [0.4, 0.5) is 0 Å². The van der Waals surface area contributed by atoms with Crippen molar-refractivity contribution >= 4 is 36.4 Å². The first kappa shape index (κ1) is 24.2. The zero-order valence-electron chi connectivity index (χ0n) is 16.6. The number of nitrogens with one attached hydrogen (secondary N) is 1. The highest BCUT2D eigenvalue weighted by Gasteiger charge is 2.50. The highest BCUT2D eigenvalue weighted by atomic mass is 35.5. The molecule has 0 aromatic heterocycles. The van der Waals surface area contributed by atoms with Gasteiger partial charge in [-0.05, 0) is 48.8 Å². The normalized spacial score (nSPS) is 31.8. The van der Waals surface area contributed by atoms with Crippen molar-refractivity contribution in [1.29, 1.82) is 0 Å². The molecule has 2 saturated carbocycles. The number of halogens is 3. The van der Waals surface area contributed by atoms with Gasteiger partial charge in [-0.25, -0.2) is 0 Å². The topological polar surface area (TPSA) is 35.5 Å². The van der Waals surface area contributed by atoms with Crippen molar-refractivity contribution in [1.82, 2.24) is 10.2 Å². The van der Waals surface area contributed by atoms with Crippen molar-refractivity contribution in [2.24, 2.45) is 11.8 Å². The molecule has 3 fully saturated rings. The van der Waals surface area contributed by atoms with Gasteiger partial charge in [0.05, 0.1) is 5.60 Å². The van der Waals surface area contributed by atoms with Gasteiger partial charge in [-0.2, -0.15) is 0 Å². The molecule has 1 heterocycles. The third-order valence-electron chi connectivity index (χ3n) is 7.21. The quantitative estimate of drug-likeness (QED) is 0.686. The van der Waals surface area contributed by atoms with Gasteiger partial charge in [-0.1, -0.05) is 49.4 Å². The monoisotopic (exact) mass is 448 g/mol. The van der Waals surface area contributed by atoms with Gasteiger partial charge in [0.15, 0.2) is 0 Å². The summed E-state index contributed by atoms with van der Waals surface area (Å²) in [5, 5.41) is 16.3. The van der Waals surface area contributed by atoms with E-state index in [1.807, 2.05) is 12.1 Å². The van der Waals surface area contributed by atoms with Gasteiger partial charge >= 0.3 is 0 Å². The minimum Gasteiger partial charge on any atom is -0.389 e. The van der Waals surface area contributed by atoms with Crippen LogP contribution >= 0.6 is 36.4 Å². The fraction of sp³-hybridized carbons (Fsp3) is 0.727. The van der Waals surface area contributed by atoms with Gasteiger partial charge in [-0.3, -0.25) is 0 Å². The molecule has 4 rings (SSSR count). The summed E-state index contributed by atoms with van der Waals surface area (Å²) in [6, 6.07) is 8.27. The highest BCUT2D eigenvalue weighted by molar-refractivity contribution is 6.30. The van der Waals surface area contributed by atoms with E-state index < -0.39 is 5.60 Å². The van der Waals surface area contributed by atoms with Crippen LogP contribution in [-0.4, -0.2) is 48.3 Å². The molecule has 2 aliphatic carbocycles. The molecule has 1 saturated heterocycles. The molecule has 1 aliphatic heterocycles. The molecule has 4 atom stereocenters. The molecular weight excluding hydrogens is 415 g/mol. The second kappa shape index (κ2) is 10.8. The zero-order valence-corrected chi connectivity index (χ0v) is 19.0. The molecule has 0 bridgehead atoms. The molecule has 160 valence electrons. The summed E-state index contributed by atoms with van der Waals surface area (Å²) in [5.74, 6) is 1.33. The summed E-state index contributed by atoms with van der Waals surface area (Å²) in [6.07, 6.45) is 8.54. The van der Waals surface area contributed by atoms with E-state index in [1.165, 1.54) is 37.7 Å². The van der Waals surface area contributed by atoms with Gasteiger partial charge in [0.1, 0.15) is 0 Å². The van der Waals surface area contributed by atoms with Crippen molar-refractivity contribution < 1.29 is 5.11 Å². The van der Waals surface area contributed by atoms with Crippen molar-refractivity contribution in [3.63, 3.8) is 0 Å². The van der Waals surface area contributed by atoms with Crippen LogP contribution in [-0.2, 0) is 0 Å². The summed E-state index contributed by atoms with van der Waals surface area (Å²) in [4.78, 5) is 2.53. The number of piperazine rings is 1. The second-order valence-electron chi connectivity index (χ2n) is 8.69. The second-order valence-corrected chi connectivity index (χ2v) is 9.13. The lowest BCUT2D eigenvalue weighted by Gasteiger charge is -2.52. The van der Waals surface area contributed by atoms with E-state index in [4.69, 9.17) is 11.6 Å². The molecule has 0 spiro atoms. The van der Waals surface area contributed by atoms with Crippen LogP contribution in [0.15, 0.2) is 24.3 Å². The number of benzene rings is 1. The molecule has 1 aromatic carbocycles. The van der Waals surface area contributed by atoms with Crippen molar-refractivity contribution in [2.45, 2.75) is 56.5 Å². The van der Waals surface area contributed by atoms with Gasteiger partial charge in [0.25, 0.3) is 0 Å². The van der Waals surface area contributed by atoms with Crippen LogP contribution in [0.5, 0.6) is 0 Å². The molecule has 1 aromatic rings. The van der Waals surface area contributed by atoms with Gasteiger partial charge in [-0.15, -0.1) is 24.8 Å². The number of hydrogen-bond donors (Lipinski definition) is 2. The lowest BCUT2D eigenvalue weighted by atomic mass is 9.58. The Hall–Kier alpha value is -0.0300. The lowest BCUT2D eigenvalue weighted by Crippen LogP contribution is -2.55. The molecule has 0 radical (unpaired) electrons. The third-order valence-corrected chi connectivity index (χ3v) is 7.44. The Morgan fingerprint density at radius 3 is 2.57 bits per heavy atom. The standard InChI is InChI=1S/C22H33ClN2O.2ClH/c23-19-8-3-6-18(15-19)21(16-25-13-11-24-12-14-25)22(26)10-4-7-17-5-1-2-9-20(17)22;;/h3,6,8,15,17,20-21,24,26H,1-2,4-5,7,9-14,16H2;2*1H. The zero-order chi connectivity index (χ0) is 18.0. The number of aliphatic hydroxyl groups is 1. The molecular formula is C22H35Cl3N2O. The first-order valence-corrected chi connectivity index (χ1v) is 11.0. The van der Waals surface area contributed by atoms with Crippen LogP contribution < -0.4 is 5.32 Å². The SMILES string of the molecule is Cl.Cl.OC1(C(CN2CCNCC2)c2cccc(Cl)c2)CCCC2CCCCC21. The van der Waals surface area contributed by atoms with Gasteiger partial charge < -0.3 is 15.3 Å². The summed E-state index contributed by atoms with van der Waals surface area (Å²) in [7, 11) is 0. The molecule has 0 amide bonds. The van der Waals surface area contributed by atoms with Gasteiger partial charge in [0.2, 0.25) is 0 Å².